The number of ketones is 1. The van der Waals surface area contributed by atoms with Crippen LogP contribution in [-0.4, -0.2) is 42.2 Å². The number of carbonyl (C=O) groups excluding carboxylic acids is 2. The molecule has 0 aliphatic carbocycles. The van der Waals surface area contributed by atoms with Crippen LogP contribution >= 0.6 is 0 Å². The van der Waals surface area contributed by atoms with Gasteiger partial charge in [-0.15, -0.1) is 0 Å². The van der Waals surface area contributed by atoms with Gasteiger partial charge in [0.05, 0.1) is 6.04 Å². The van der Waals surface area contributed by atoms with Crippen molar-refractivity contribution in [3.8, 4) is 0 Å². The van der Waals surface area contributed by atoms with Crippen LogP contribution in [0.5, 0.6) is 0 Å². The fourth-order valence-electron chi connectivity index (χ4n) is 3.02. The van der Waals surface area contributed by atoms with Gasteiger partial charge >= 0.3 is 0 Å². The molecule has 0 unspecified atom stereocenters. The number of nitrogens with zero attached hydrogens (tertiary/aromatic N) is 1. The molecule has 0 aliphatic heterocycles. The van der Waals surface area contributed by atoms with E-state index in [0.717, 1.165) is 11.3 Å². The van der Waals surface area contributed by atoms with E-state index in [1.165, 1.54) is 6.92 Å². The van der Waals surface area contributed by atoms with Crippen molar-refractivity contribution in [2.24, 2.45) is 0 Å². The average molecular weight is 327 g/mol. The molecule has 1 aromatic heterocycles. The first-order valence-electron chi connectivity index (χ1n) is 8.02. The Morgan fingerprint density at radius 3 is 2.29 bits per heavy atom. The van der Waals surface area contributed by atoms with E-state index in [0.29, 0.717) is 23.4 Å². The zero-order valence-electron chi connectivity index (χ0n) is 14.9. The van der Waals surface area contributed by atoms with Crippen molar-refractivity contribution in [3.63, 3.8) is 0 Å². The van der Waals surface area contributed by atoms with Gasteiger partial charge in [0.1, 0.15) is 5.69 Å². The van der Waals surface area contributed by atoms with E-state index in [2.05, 4.69) is 10.3 Å². The van der Waals surface area contributed by atoms with E-state index in [-0.39, 0.29) is 17.7 Å². The molecule has 1 atom stereocenters. The number of hydrogen-bond acceptors (Lipinski definition) is 3. The highest BCUT2D eigenvalue weighted by Crippen LogP contribution is 2.20. The van der Waals surface area contributed by atoms with E-state index in [1.54, 1.807) is 6.92 Å². The van der Waals surface area contributed by atoms with Gasteiger partial charge in [-0.3, -0.25) is 9.59 Å². The quantitative estimate of drug-likeness (QED) is 0.802. The smallest absolute Gasteiger partial charge is 0.268 e. The summed E-state index contributed by atoms with van der Waals surface area (Å²) in [5.74, 6) is -0.230. The summed E-state index contributed by atoms with van der Waals surface area (Å²) in [7, 11) is 3.94. The number of H-pyrrole nitrogens is 1. The number of hydrogen-bond donors (Lipinski definition) is 2. The predicted octanol–water partition coefficient (Wildman–Crippen LogP) is 2.87. The minimum atomic E-state index is -0.196. The Bertz CT molecular complexity index is 733. The molecule has 1 heterocycles. The van der Waals surface area contributed by atoms with Gasteiger partial charge < -0.3 is 15.2 Å². The minimum Gasteiger partial charge on any atom is -0.354 e. The van der Waals surface area contributed by atoms with Gasteiger partial charge in [-0.1, -0.05) is 30.3 Å². The molecule has 24 heavy (non-hydrogen) atoms. The minimum absolute atomic E-state index is 0.0341. The lowest BCUT2D eigenvalue weighted by Crippen LogP contribution is -2.35. The molecule has 128 valence electrons. The molecule has 1 aromatic carbocycles. The Hall–Kier alpha value is -2.40. The normalized spacial score (nSPS) is 12.2. The van der Waals surface area contributed by atoms with Crippen LogP contribution in [0.3, 0.4) is 0 Å². The maximum Gasteiger partial charge on any atom is 0.268 e. The number of aryl methyl sites for hydroxylation is 1. The maximum atomic E-state index is 12.7. The summed E-state index contributed by atoms with van der Waals surface area (Å²) in [4.78, 5) is 29.6. The standard InChI is InChI=1S/C19H25N3O2/c1-12-17(14(3)23)13(2)20-18(12)19(24)21-16(11-22(4)5)15-9-7-6-8-10-15/h6-10,16,20H,11H2,1-5H3,(H,21,24)/t16-/m0/s1. The third-order valence-electron chi connectivity index (χ3n) is 4.07. The first-order chi connectivity index (χ1) is 11.3. The number of aromatic amines is 1. The van der Waals surface area contributed by atoms with Crippen LogP contribution in [-0.2, 0) is 0 Å². The highest BCUT2D eigenvalue weighted by atomic mass is 16.2. The SMILES string of the molecule is CC(=O)c1c(C)[nH]c(C(=O)N[C@@H](CN(C)C)c2ccccc2)c1C. The highest BCUT2D eigenvalue weighted by Gasteiger charge is 2.22. The zero-order chi connectivity index (χ0) is 17.9. The third-order valence-corrected chi connectivity index (χ3v) is 4.07. The fraction of sp³-hybridized carbons (Fsp3) is 0.368. The van der Waals surface area contributed by atoms with E-state index in [1.807, 2.05) is 56.3 Å². The lowest BCUT2D eigenvalue weighted by atomic mass is 10.0. The molecular weight excluding hydrogens is 302 g/mol. The van der Waals surface area contributed by atoms with Crippen LogP contribution in [0, 0.1) is 13.8 Å². The van der Waals surface area contributed by atoms with Gasteiger partial charge in [-0.25, -0.2) is 0 Å². The lowest BCUT2D eigenvalue weighted by Gasteiger charge is -2.22. The number of carbonyl (C=O) groups is 2. The zero-order valence-corrected chi connectivity index (χ0v) is 14.9. The van der Waals surface area contributed by atoms with Crippen LogP contribution < -0.4 is 5.32 Å². The molecule has 2 N–H and O–H groups in total. The van der Waals surface area contributed by atoms with Gasteiger partial charge in [-0.2, -0.15) is 0 Å². The van der Waals surface area contributed by atoms with Gasteiger partial charge in [0, 0.05) is 17.8 Å². The van der Waals surface area contributed by atoms with Crippen LogP contribution in [0.25, 0.3) is 0 Å². The van der Waals surface area contributed by atoms with Gasteiger partial charge in [0.15, 0.2) is 5.78 Å². The molecular formula is C19H25N3O2. The Morgan fingerprint density at radius 1 is 1.17 bits per heavy atom. The molecule has 0 radical (unpaired) electrons. The van der Waals surface area contributed by atoms with Crippen molar-refractivity contribution < 1.29 is 9.59 Å². The molecule has 0 spiro atoms. The summed E-state index contributed by atoms with van der Waals surface area (Å²) in [5.41, 5.74) is 3.54. The molecule has 5 nitrogen and oxygen atoms in total. The Morgan fingerprint density at radius 2 is 1.79 bits per heavy atom. The third kappa shape index (κ3) is 3.92. The van der Waals surface area contributed by atoms with Crippen molar-refractivity contribution >= 4 is 11.7 Å². The van der Waals surface area contributed by atoms with Crippen molar-refractivity contribution in [3.05, 3.63) is 58.4 Å². The van der Waals surface area contributed by atoms with Crippen LogP contribution in [0.2, 0.25) is 0 Å². The molecule has 0 fully saturated rings. The number of rotatable bonds is 6. The second-order valence-electron chi connectivity index (χ2n) is 6.38. The first kappa shape index (κ1) is 17.9. The fourth-order valence-corrected chi connectivity index (χ4v) is 3.02. The topological polar surface area (TPSA) is 65.2 Å². The molecule has 1 amide bonds. The van der Waals surface area contributed by atoms with Crippen molar-refractivity contribution in [1.29, 1.82) is 0 Å². The summed E-state index contributed by atoms with van der Waals surface area (Å²) in [6.45, 7) is 5.82. The van der Waals surface area contributed by atoms with Crippen LogP contribution in [0.4, 0.5) is 0 Å². The number of benzene rings is 1. The number of likely N-dealkylation sites (N-methyl/N-ethyl adjacent to an activating group) is 1. The van der Waals surface area contributed by atoms with E-state index in [4.69, 9.17) is 0 Å². The second kappa shape index (κ2) is 7.45. The number of nitrogens with one attached hydrogen (secondary N) is 2. The Labute approximate surface area is 143 Å². The van der Waals surface area contributed by atoms with Crippen LogP contribution in [0.1, 0.15) is 50.6 Å². The predicted molar refractivity (Wildman–Crippen MR) is 95.5 cm³/mol. The number of amides is 1. The van der Waals surface area contributed by atoms with Crippen molar-refractivity contribution in [1.82, 2.24) is 15.2 Å². The number of Topliss-reactive ketones (excluding diaryl/α,β-unsaturated/α-hetero) is 1. The average Bonchev–Trinajstić information content (AvgIpc) is 2.82. The molecule has 0 aliphatic rings. The summed E-state index contributed by atoms with van der Waals surface area (Å²) < 4.78 is 0. The lowest BCUT2D eigenvalue weighted by molar-refractivity contribution is 0.0924. The van der Waals surface area contributed by atoms with Gasteiger partial charge in [-0.05, 0) is 46.0 Å². The largest absolute Gasteiger partial charge is 0.354 e. The Kier molecular flexibility index (Phi) is 5.57. The first-order valence-corrected chi connectivity index (χ1v) is 8.02. The highest BCUT2D eigenvalue weighted by molar-refractivity contribution is 6.02. The van der Waals surface area contributed by atoms with Crippen molar-refractivity contribution in [2.45, 2.75) is 26.8 Å². The second-order valence-corrected chi connectivity index (χ2v) is 6.38. The maximum absolute atomic E-state index is 12.7. The molecule has 2 aromatic rings. The summed E-state index contributed by atoms with van der Waals surface area (Å²) >= 11 is 0. The van der Waals surface area contributed by atoms with Crippen LogP contribution in [0.15, 0.2) is 30.3 Å². The monoisotopic (exact) mass is 327 g/mol. The van der Waals surface area contributed by atoms with Crippen molar-refractivity contribution in [2.75, 3.05) is 20.6 Å². The summed E-state index contributed by atoms with van der Waals surface area (Å²) in [5, 5.41) is 3.08. The molecule has 0 bridgehead atoms. The summed E-state index contributed by atoms with van der Waals surface area (Å²) in [6, 6.07) is 9.75. The van der Waals surface area contributed by atoms with Gasteiger partial charge in [0.2, 0.25) is 0 Å². The molecule has 2 rings (SSSR count). The van der Waals surface area contributed by atoms with E-state index in [9.17, 15) is 9.59 Å². The Balaban J connectivity index is 2.28. The molecule has 0 saturated carbocycles. The summed E-state index contributed by atoms with van der Waals surface area (Å²) in [6.07, 6.45) is 0. The van der Waals surface area contributed by atoms with Gasteiger partial charge in [0.25, 0.3) is 5.91 Å². The number of aromatic nitrogens is 1. The van der Waals surface area contributed by atoms with E-state index >= 15 is 0 Å². The van der Waals surface area contributed by atoms with E-state index < -0.39 is 0 Å². The molecule has 5 heteroatoms. The molecule has 0 saturated heterocycles.